The minimum Gasteiger partial charge on any atom is -0.368 e. The lowest BCUT2D eigenvalue weighted by Crippen LogP contribution is -2.11. The maximum Gasteiger partial charge on any atom is 0.222 e. The van der Waals surface area contributed by atoms with Crippen molar-refractivity contribution in [2.45, 2.75) is 19.5 Å². The third-order valence-corrected chi connectivity index (χ3v) is 2.73. The van der Waals surface area contributed by atoms with Crippen molar-refractivity contribution < 1.29 is 8.91 Å². The molecule has 0 aliphatic rings. The van der Waals surface area contributed by atoms with Crippen molar-refractivity contribution in [3.63, 3.8) is 0 Å². The van der Waals surface area contributed by atoms with Gasteiger partial charge in [-0.1, -0.05) is 28.9 Å². The van der Waals surface area contributed by atoms with Gasteiger partial charge in [0.15, 0.2) is 0 Å². The Labute approximate surface area is 103 Å². The van der Waals surface area contributed by atoms with E-state index in [2.05, 4.69) is 5.16 Å². The molecule has 90 valence electrons. The molecule has 0 saturated carbocycles. The summed E-state index contributed by atoms with van der Waals surface area (Å²) in [6.45, 7) is 2.89. The smallest absolute Gasteiger partial charge is 0.222 e. The average molecular weight is 255 g/mol. The quantitative estimate of drug-likeness (QED) is 0.887. The Kier molecular flexibility index (Phi) is 2.83. The minimum atomic E-state index is -1.57. The highest BCUT2D eigenvalue weighted by Gasteiger charge is 2.27. The molecule has 3 nitrogen and oxygen atoms in total. The van der Waals surface area contributed by atoms with E-state index in [1.54, 1.807) is 24.3 Å². The number of benzene rings is 1. The average Bonchev–Trinajstić information content (AvgIpc) is 2.62. The number of rotatable bonds is 2. The summed E-state index contributed by atoms with van der Waals surface area (Å²) in [5, 5.41) is 4.13. The van der Waals surface area contributed by atoms with Gasteiger partial charge in [-0.15, -0.1) is 0 Å². The summed E-state index contributed by atoms with van der Waals surface area (Å²) < 4.78 is 18.9. The van der Waals surface area contributed by atoms with Crippen LogP contribution in [0.1, 0.15) is 19.4 Å². The number of nitrogens with zero attached hydrogens (tertiary/aromatic N) is 1. The van der Waals surface area contributed by atoms with Crippen LogP contribution in [-0.2, 0) is 5.67 Å². The van der Waals surface area contributed by atoms with Crippen LogP contribution in [0, 0.1) is 0 Å². The van der Waals surface area contributed by atoms with Gasteiger partial charge in [0.1, 0.15) is 11.4 Å². The number of aromatic nitrogens is 1. The molecule has 0 bridgehead atoms. The number of nitrogen functional groups attached to an aromatic ring is 1. The predicted molar refractivity (Wildman–Crippen MR) is 65.5 cm³/mol. The zero-order valence-corrected chi connectivity index (χ0v) is 10.3. The number of hydrogen-bond donors (Lipinski definition) is 1. The van der Waals surface area contributed by atoms with E-state index in [1.165, 1.54) is 13.8 Å². The highest BCUT2D eigenvalue weighted by atomic mass is 35.5. The molecule has 0 unspecified atom stereocenters. The number of nitrogens with two attached hydrogens (primary N) is 1. The second kappa shape index (κ2) is 4.04. The van der Waals surface area contributed by atoms with Crippen LogP contribution in [-0.4, -0.2) is 5.16 Å². The van der Waals surface area contributed by atoms with Gasteiger partial charge in [-0.3, -0.25) is 0 Å². The van der Waals surface area contributed by atoms with Crippen molar-refractivity contribution in [2.24, 2.45) is 0 Å². The molecule has 2 N–H and O–H groups in total. The maximum atomic E-state index is 14.2. The first-order chi connectivity index (χ1) is 7.89. The van der Waals surface area contributed by atoms with Crippen molar-refractivity contribution in [3.05, 3.63) is 34.9 Å². The number of anilines is 1. The van der Waals surface area contributed by atoms with E-state index >= 15 is 0 Å². The predicted octanol–water partition coefficient (Wildman–Crippen LogP) is 3.78. The molecule has 0 saturated heterocycles. The monoisotopic (exact) mass is 254 g/mol. The Morgan fingerprint density at radius 3 is 2.65 bits per heavy atom. The molecule has 17 heavy (non-hydrogen) atoms. The second-order valence-electron chi connectivity index (χ2n) is 4.25. The van der Waals surface area contributed by atoms with Crippen LogP contribution in [0.4, 0.5) is 10.3 Å². The lowest BCUT2D eigenvalue weighted by Gasteiger charge is -2.19. The van der Waals surface area contributed by atoms with Gasteiger partial charge in [-0.2, -0.15) is 0 Å². The summed E-state index contributed by atoms with van der Waals surface area (Å²) in [7, 11) is 0. The highest BCUT2D eigenvalue weighted by Crippen LogP contribution is 2.38. The summed E-state index contributed by atoms with van der Waals surface area (Å²) in [6, 6.07) is 6.66. The molecule has 1 aromatic carbocycles. The van der Waals surface area contributed by atoms with Crippen LogP contribution in [0.2, 0.25) is 5.02 Å². The van der Waals surface area contributed by atoms with E-state index in [0.717, 1.165) is 0 Å². The fourth-order valence-corrected chi connectivity index (χ4v) is 2.16. The fraction of sp³-hybridized carbons (Fsp3) is 0.250. The van der Waals surface area contributed by atoms with Crippen LogP contribution in [0.5, 0.6) is 0 Å². The van der Waals surface area contributed by atoms with Gasteiger partial charge < -0.3 is 10.3 Å². The van der Waals surface area contributed by atoms with Crippen LogP contribution < -0.4 is 5.73 Å². The molecule has 0 fully saturated rings. The Balaban J connectivity index is 2.66. The van der Waals surface area contributed by atoms with Gasteiger partial charge in [-0.05, 0) is 19.9 Å². The molecule has 1 aromatic heterocycles. The van der Waals surface area contributed by atoms with Crippen LogP contribution in [0.15, 0.2) is 28.8 Å². The standard InChI is InChI=1S/C12H12ClFN2O/c1-12(2,14)11-7(4-3-5-8(11)13)9-6-10(15)17-16-9/h3-6H,15H2,1-2H3. The molecule has 0 atom stereocenters. The molecule has 0 aliphatic carbocycles. The third kappa shape index (κ3) is 2.26. The summed E-state index contributed by atoms with van der Waals surface area (Å²) >= 11 is 6.04. The number of hydrogen-bond acceptors (Lipinski definition) is 3. The summed E-state index contributed by atoms with van der Waals surface area (Å²) in [4.78, 5) is 0. The minimum absolute atomic E-state index is 0.183. The van der Waals surface area contributed by atoms with Crippen molar-refractivity contribution in [1.82, 2.24) is 5.16 Å². The molecule has 0 radical (unpaired) electrons. The van der Waals surface area contributed by atoms with E-state index in [1.807, 2.05) is 0 Å². The normalized spacial score (nSPS) is 11.8. The Hall–Kier alpha value is -1.55. The number of alkyl halides is 1. The highest BCUT2D eigenvalue weighted by molar-refractivity contribution is 6.31. The van der Waals surface area contributed by atoms with Crippen LogP contribution in [0.25, 0.3) is 11.3 Å². The van der Waals surface area contributed by atoms with Crippen molar-refractivity contribution in [2.75, 3.05) is 5.73 Å². The Morgan fingerprint density at radius 1 is 1.41 bits per heavy atom. The van der Waals surface area contributed by atoms with Gasteiger partial charge >= 0.3 is 0 Å². The zero-order valence-electron chi connectivity index (χ0n) is 9.50. The molecule has 0 aliphatic heterocycles. The van der Waals surface area contributed by atoms with E-state index in [0.29, 0.717) is 21.8 Å². The van der Waals surface area contributed by atoms with Gasteiger partial charge in [0, 0.05) is 22.2 Å². The van der Waals surface area contributed by atoms with Crippen LogP contribution in [0.3, 0.4) is 0 Å². The lowest BCUT2D eigenvalue weighted by atomic mass is 9.93. The summed E-state index contributed by atoms with van der Waals surface area (Å²) in [5.41, 5.74) is 5.34. The van der Waals surface area contributed by atoms with E-state index in [9.17, 15) is 4.39 Å². The first-order valence-electron chi connectivity index (χ1n) is 5.10. The van der Waals surface area contributed by atoms with Gasteiger partial charge in [0.25, 0.3) is 0 Å². The van der Waals surface area contributed by atoms with Gasteiger partial charge in [-0.25, -0.2) is 4.39 Å². The largest absolute Gasteiger partial charge is 0.368 e. The summed E-state index contributed by atoms with van der Waals surface area (Å²) in [6.07, 6.45) is 0. The van der Waals surface area contributed by atoms with E-state index in [4.69, 9.17) is 21.9 Å². The Morgan fingerprint density at radius 2 is 2.12 bits per heavy atom. The third-order valence-electron chi connectivity index (χ3n) is 2.41. The van der Waals surface area contributed by atoms with Crippen molar-refractivity contribution in [1.29, 1.82) is 0 Å². The van der Waals surface area contributed by atoms with Gasteiger partial charge in [0.2, 0.25) is 5.88 Å². The SMILES string of the molecule is CC(C)(F)c1c(Cl)cccc1-c1cc(N)on1. The van der Waals surface area contributed by atoms with Crippen molar-refractivity contribution >= 4 is 17.5 Å². The molecular weight excluding hydrogens is 243 g/mol. The topological polar surface area (TPSA) is 52.0 Å². The van der Waals surface area contributed by atoms with Crippen molar-refractivity contribution in [3.8, 4) is 11.3 Å². The molecule has 1 heterocycles. The molecule has 2 aromatic rings. The van der Waals surface area contributed by atoms with E-state index in [-0.39, 0.29) is 5.88 Å². The Bertz CT molecular complexity index is 546. The fourth-order valence-electron chi connectivity index (χ4n) is 1.76. The maximum absolute atomic E-state index is 14.2. The first kappa shape index (κ1) is 11.9. The zero-order chi connectivity index (χ0) is 12.6. The molecule has 0 amide bonds. The molecule has 5 heteroatoms. The number of halogens is 2. The van der Waals surface area contributed by atoms with E-state index < -0.39 is 5.67 Å². The second-order valence-corrected chi connectivity index (χ2v) is 4.66. The first-order valence-corrected chi connectivity index (χ1v) is 5.48. The lowest BCUT2D eigenvalue weighted by molar-refractivity contribution is 0.222. The van der Waals surface area contributed by atoms with Crippen LogP contribution >= 0.6 is 11.6 Å². The summed E-state index contributed by atoms with van der Waals surface area (Å²) in [5.74, 6) is 0.183. The molecular formula is C12H12ClFN2O. The van der Waals surface area contributed by atoms with Gasteiger partial charge in [0.05, 0.1) is 0 Å². The molecule has 0 spiro atoms. The molecule has 2 rings (SSSR count).